The van der Waals surface area contributed by atoms with Crippen molar-refractivity contribution in [3.63, 3.8) is 0 Å². The van der Waals surface area contributed by atoms with Crippen LogP contribution >= 0.6 is 0 Å². The number of ether oxygens (including phenoxy) is 1. The Balaban J connectivity index is 1.59. The van der Waals surface area contributed by atoms with Gasteiger partial charge in [-0.2, -0.15) is 5.10 Å². The minimum absolute atomic E-state index is 0.0277. The van der Waals surface area contributed by atoms with Crippen LogP contribution < -0.4 is 5.32 Å². The van der Waals surface area contributed by atoms with Gasteiger partial charge in [-0.05, 0) is 23.5 Å². The molecule has 1 heterocycles. The highest BCUT2D eigenvalue weighted by Crippen LogP contribution is 2.64. The van der Waals surface area contributed by atoms with Gasteiger partial charge in [-0.1, -0.05) is 44.2 Å². The van der Waals surface area contributed by atoms with Gasteiger partial charge in [-0.15, -0.1) is 0 Å². The van der Waals surface area contributed by atoms with Crippen molar-refractivity contribution in [1.29, 1.82) is 0 Å². The smallest absolute Gasteiger partial charge is 0.317 e. The summed E-state index contributed by atoms with van der Waals surface area (Å²) in [7, 11) is 3.49. The molecule has 1 atom stereocenters. The van der Waals surface area contributed by atoms with Gasteiger partial charge in [0.1, 0.15) is 0 Å². The van der Waals surface area contributed by atoms with E-state index in [1.165, 1.54) is 5.56 Å². The van der Waals surface area contributed by atoms with Crippen LogP contribution in [0, 0.1) is 5.41 Å². The molecule has 3 rings (SSSR count). The largest absolute Gasteiger partial charge is 0.378 e. The molecule has 2 amide bonds. The maximum Gasteiger partial charge on any atom is 0.317 e. The summed E-state index contributed by atoms with van der Waals surface area (Å²) in [5, 5.41) is 10.0. The van der Waals surface area contributed by atoms with Gasteiger partial charge in [0.15, 0.2) is 0 Å². The molecule has 0 radical (unpaired) electrons. The number of H-pyrrole nitrogens is 1. The van der Waals surface area contributed by atoms with Crippen molar-refractivity contribution in [2.45, 2.75) is 38.8 Å². The summed E-state index contributed by atoms with van der Waals surface area (Å²) in [5.41, 5.74) is 3.22. The molecule has 1 aromatic carbocycles. The molecule has 1 aliphatic carbocycles. The third kappa shape index (κ3) is 3.60. The molecule has 6 nitrogen and oxygen atoms in total. The minimum Gasteiger partial charge on any atom is -0.378 e. The highest BCUT2D eigenvalue weighted by molar-refractivity contribution is 5.74. The highest BCUT2D eigenvalue weighted by Gasteiger charge is 2.62. The van der Waals surface area contributed by atoms with Crippen LogP contribution in [0.1, 0.15) is 37.2 Å². The normalized spacial score (nSPS) is 20.6. The SMILES string of the molecule is COCc1cc(CNC(=O)N(C)CC2(c3ccccc3)CC2(C)C)[nH]n1. The molecule has 1 saturated carbocycles. The van der Waals surface area contributed by atoms with Gasteiger partial charge in [-0.3, -0.25) is 5.10 Å². The molecular formula is C20H28N4O2. The Hall–Kier alpha value is -2.34. The lowest BCUT2D eigenvalue weighted by molar-refractivity contribution is 0.181. The quantitative estimate of drug-likeness (QED) is 0.801. The van der Waals surface area contributed by atoms with Crippen LogP contribution in [0.25, 0.3) is 0 Å². The summed E-state index contributed by atoms with van der Waals surface area (Å²) >= 11 is 0. The van der Waals surface area contributed by atoms with Crippen molar-refractivity contribution in [3.05, 3.63) is 53.3 Å². The number of hydrogen-bond acceptors (Lipinski definition) is 3. The minimum atomic E-state index is -0.0779. The molecule has 140 valence electrons. The fourth-order valence-electron chi connectivity index (χ4n) is 3.83. The van der Waals surface area contributed by atoms with E-state index in [-0.39, 0.29) is 16.9 Å². The summed E-state index contributed by atoms with van der Waals surface area (Å²) in [5.74, 6) is 0. The number of methoxy groups -OCH3 is 1. The Bertz CT molecular complexity index is 756. The number of aromatic amines is 1. The van der Waals surface area contributed by atoms with Gasteiger partial charge >= 0.3 is 6.03 Å². The Morgan fingerprint density at radius 1 is 1.35 bits per heavy atom. The van der Waals surface area contributed by atoms with Gasteiger partial charge in [-0.25, -0.2) is 4.79 Å². The van der Waals surface area contributed by atoms with Gasteiger partial charge in [0.2, 0.25) is 0 Å². The summed E-state index contributed by atoms with van der Waals surface area (Å²) in [6.45, 7) is 6.12. The molecule has 6 heteroatoms. The predicted octanol–water partition coefficient (Wildman–Crippen LogP) is 3.07. The van der Waals surface area contributed by atoms with Crippen LogP contribution in [0.15, 0.2) is 36.4 Å². The molecule has 1 fully saturated rings. The Morgan fingerprint density at radius 2 is 2.04 bits per heavy atom. The second kappa shape index (κ2) is 7.11. The summed E-state index contributed by atoms with van der Waals surface area (Å²) in [4.78, 5) is 14.3. The zero-order valence-corrected chi connectivity index (χ0v) is 16.0. The number of nitrogens with one attached hydrogen (secondary N) is 2. The highest BCUT2D eigenvalue weighted by atomic mass is 16.5. The van der Waals surface area contributed by atoms with Gasteiger partial charge in [0.25, 0.3) is 0 Å². The number of aromatic nitrogens is 2. The lowest BCUT2D eigenvalue weighted by Gasteiger charge is -2.27. The van der Waals surface area contributed by atoms with E-state index in [0.717, 1.165) is 17.8 Å². The molecule has 1 aromatic heterocycles. The average Bonchev–Trinajstić information content (AvgIpc) is 2.94. The number of rotatable bonds is 7. The summed E-state index contributed by atoms with van der Waals surface area (Å²) in [6.07, 6.45) is 1.09. The standard InChI is InChI=1S/C20H28N4O2/c1-19(2)13-20(19,15-8-6-5-7-9-15)14-24(3)18(25)21-11-16-10-17(12-26-4)23-22-16/h5-10H,11-14H2,1-4H3,(H,21,25)(H,22,23). The lowest BCUT2D eigenvalue weighted by atomic mass is 9.87. The third-order valence-electron chi connectivity index (χ3n) is 5.50. The van der Waals surface area contributed by atoms with Gasteiger partial charge < -0.3 is 15.0 Å². The number of nitrogens with zero attached hydrogens (tertiary/aromatic N) is 2. The maximum absolute atomic E-state index is 12.6. The Labute approximate surface area is 154 Å². The average molecular weight is 356 g/mol. The number of benzene rings is 1. The predicted molar refractivity (Wildman–Crippen MR) is 101 cm³/mol. The van der Waals surface area contributed by atoms with E-state index in [9.17, 15) is 4.79 Å². The number of hydrogen-bond donors (Lipinski definition) is 2. The van der Waals surface area contributed by atoms with Crippen LogP contribution in [-0.4, -0.2) is 41.8 Å². The topological polar surface area (TPSA) is 70.2 Å². The third-order valence-corrected chi connectivity index (χ3v) is 5.50. The molecule has 0 spiro atoms. The monoisotopic (exact) mass is 356 g/mol. The van der Waals surface area contributed by atoms with Crippen LogP contribution in [0.4, 0.5) is 4.79 Å². The Kier molecular flexibility index (Phi) is 5.05. The van der Waals surface area contributed by atoms with Crippen molar-refractivity contribution in [2.75, 3.05) is 20.7 Å². The molecule has 26 heavy (non-hydrogen) atoms. The molecule has 1 aliphatic rings. The van der Waals surface area contributed by atoms with Crippen LogP contribution in [-0.2, 0) is 23.3 Å². The first kappa shape index (κ1) is 18.5. The fraction of sp³-hybridized carbons (Fsp3) is 0.500. The van der Waals surface area contributed by atoms with Gasteiger partial charge in [0.05, 0.1) is 24.5 Å². The molecule has 0 aliphatic heterocycles. The van der Waals surface area contributed by atoms with E-state index in [1.807, 2.05) is 19.2 Å². The molecular weight excluding hydrogens is 328 g/mol. The van der Waals surface area contributed by atoms with Crippen molar-refractivity contribution in [3.8, 4) is 0 Å². The lowest BCUT2D eigenvalue weighted by Crippen LogP contribution is -2.42. The summed E-state index contributed by atoms with van der Waals surface area (Å²) in [6, 6.07) is 12.3. The number of carbonyl (C=O) groups excluding carboxylic acids is 1. The summed E-state index contributed by atoms with van der Waals surface area (Å²) < 4.78 is 5.05. The van der Waals surface area contributed by atoms with Crippen LogP contribution in [0.2, 0.25) is 0 Å². The second-order valence-corrected chi connectivity index (χ2v) is 7.84. The van der Waals surface area contributed by atoms with E-state index in [1.54, 1.807) is 12.0 Å². The molecule has 2 N–H and O–H groups in total. The van der Waals surface area contributed by atoms with Gasteiger partial charge in [0, 0.05) is 26.1 Å². The fourth-order valence-corrected chi connectivity index (χ4v) is 3.83. The number of likely N-dealkylation sites (N-methyl/N-ethyl adjacent to an activating group) is 1. The number of carbonyl (C=O) groups is 1. The van der Waals surface area contributed by atoms with E-state index in [4.69, 9.17) is 4.74 Å². The first-order chi connectivity index (χ1) is 12.4. The van der Waals surface area contributed by atoms with Crippen molar-refractivity contribution in [2.24, 2.45) is 5.41 Å². The zero-order valence-electron chi connectivity index (χ0n) is 16.0. The number of amides is 2. The Morgan fingerprint density at radius 3 is 2.65 bits per heavy atom. The van der Waals surface area contributed by atoms with Crippen molar-refractivity contribution >= 4 is 6.03 Å². The zero-order chi connectivity index (χ0) is 18.8. The molecule has 0 bridgehead atoms. The first-order valence-corrected chi connectivity index (χ1v) is 8.94. The molecule has 2 aromatic rings. The second-order valence-electron chi connectivity index (χ2n) is 7.84. The molecule has 0 saturated heterocycles. The first-order valence-electron chi connectivity index (χ1n) is 8.94. The van der Waals surface area contributed by atoms with Crippen LogP contribution in [0.3, 0.4) is 0 Å². The number of urea groups is 1. The maximum atomic E-state index is 12.6. The molecule has 1 unspecified atom stereocenters. The van der Waals surface area contributed by atoms with Crippen LogP contribution in [0.5, 0.6) is 0 Å². The van der Waals surface area contributed by atoms with E-state index in [2.05, 4.69) is 53.6 Å². The van der Waals surface area contributed by atoms with Crippen molar-refractivity contribution < 1.29 is 9.53 Å². The van der Waals surface area contributed by atoms with E-state index >= 15 is 0 Å². The van der Waals surface area contributed by atoms with E-state index < -0.39 is 0 Å². The van der Waals surface area contributed by atoms with Crippen molar-refractivity contribution in [1.82, 2.24) is 20.4 Å². The van der Waals surface area contributed by atoms with E-state index in [0.29, 0.717) is 19.7 Å².